The van der Waals surface area contributed by atoms with Crippen LogP contribution in [0.1, 0.15) is 31.0 Å². The Balaban J connectivity index is 2.30. The van der Waals surface area contributed by atoms with Gasteiger partial charge in [-0.25, -0.2) is 8.78 Å². The third-order valence-corrected chi connectivity index (χ3v) is 2.76. The van der Waals surface area contributed by atoms with E-state index < -0.39 is 17.7 Å². The number of nitrogens with two attached hydrogens (primary N) is 1. The molecular weight excluding hydrogens is 262 g/mol. The van der Waals surface area contributed by atoms with Crippen LogP contribution in [0.2, 0.25) is 0 Å². The zero-order valence-corrected chi connectivity index (χ0v) is 11.3. The maximum atomic E-state index is 13.7. The third-order valence-electron chi connectivity index (χ3n) is 2.76. The Bertz CT molecular complexity index is 602. The minimum Gasteiger partial charge on any atom is -0.489 e. The fraction of sp³-hybridized carbons (Fsp3) is 0.267. The van der Waals surface area contributed by atoms with Gasteiger partial charge in [-0.2, -0.15) is 0 Å². The smallest absolute Gasteiger partial charge is 0.138 e. The van der Waals surface area contributed by atoms with Crippen LogP contribution in [0.3, 0.4) is 0 Å². The van der Waals surface area contributed by atoms with Crippen molar-refractivity contribution in [2.75, 3.05) is 0 Å². The molecule has 0 amide bonds. The molecule has 1 aromatic carbocycles. The van der Waals surface area contributed by atoms with Crippen LogP contribution in [0.25, 0.3) is 0 Å². The monoisotopic (exact) mass is 278 g/mol. The Morgan fingerprint density at radius 3 is 2.55 bits per heavy atom. The van der Waals surface area contributed by atoms with Gasteiger partial charge in [0.1, 0.15) is 17.4 Å². The molecule has 0 radical (unpaired) electrons. The summed E-state index contributed by atoms with van der Waals surface area (Å²) in [5.41, 5.74) is 6.83. The molecule has 0 fully saturated rings. The quantitative estimate of drug-likeness (QED) is 0.934. The first kappa shape index (κ1) is 14.4. The normalized spacial score (nSPS) is 12.5. The molecule has 1 atom stereocenters. The van der Waals surface area contributed by atoms with Crippen molar-refractivity contribution in [2.24, 2.45) is 5.73 Å². The summed E-state index contributed by atoms with van der Waals surface area (Å²) in [5, 5.41) is 0. The van der Waals surface area contributed by atoms with E-state index in [4.69, 9.17) is 10.5 Å². The number of nitrogens with zero attached hydrogens (tertiary/aromatic N) is 1. The van der Waals surface area contributed by atoms with Crippen LogP contribution < -0.4 is 10.5 Å². The van der Waals surface area contributed by atoms with Crippen molar-refractivity contribution in [3.63, 3.8) is 0 Å². The van der Waals surface area contributed by atoms with Crippen molar-refractivity contribution < 1.29 is 13.5 Å². The standard InChI is InChI=1S/C15H16F2N2O/c1-9(2)20-12-5-10(7-19-8-12)15(18)13-4-3-11(16)6-14(13)17/h3-9,15H,18H2,1-2H3. The highest BCUT2D eigenvalue weighted by Crippen LogP contribution is 2.25. The Morgan fingerprint density at radius 1 is 1.15 bits per heavy atom. The predicted octanol–water partition coefficient (Wildman–Crippen LogP) is 3.20. The minimum atomic E-state index is -0.723. The van der Waals surface area contributed by atoms with Crippen molar-refractivity contribution >= 4 is 0 Å². The number of rotatable bonds is 4. The first-order valence-corrected chi connectivity index (χ1v) is 6.29. The van der Waals surface area contributed by atoms with Gasteiger partial charge < -0.3 is 10.5 Å². The third kappa shape index (κ3) is 3.30. The molecular formula is C15H16F2N2O. The van der Waals surface area contributed by atoms with Crippen LogP contribution in [-0.2, 0) is 0 Å². The summed E-state index contributed by atoms with van der Waals surface area (Å²) < 4.78 is 32.2. The SMILES string of the molecule is CC(C)Oc1cncc(C(N)c2ccc(F)cc2F)c1. The molecule has 1 aromatic heterocycles. The Kier molecular flexibility index (Phi) is 4.29. The number of pyridine rings is 1. The van der Waals surface area contributed by atoms with E-state index in [1.54, 1.807) is 18.5 Å². The van der Waals surface area contributed by atoms with Crippen molar-refractivity contribution in [3.8, 4) is 5.75 Å². The number of hydrogen-bond donors (Lipinski definition) is 1. The number of halogens is 2. The average Bonchev–Trinajstić information content (AvgIpc) is 2.37. The highest BCUT2D eigenvalue weighted by atomic mass is 19.1. The van der Waals surface area contributed by atoms with Crippen LogP contribution in [0.5, 0.6) is 5.75 Å². The van der Waals surface area contributed by atoms with Gasteiger partial charge in [0, 0.05) is 17.8 Å². The molecule has 0 bridgehead atoms. The lowest BCUT2D eigenvalue weighted by Crippen LogP contribution is -2.15. The average molecular weight is 278 g/mol. The van der Waals surface area contributed by atoms with Crippen LogP contribution in [0.4, 0.5) is 8.78 Å². The predicted molar refractivity (Wildman–Crippen MR) is 72.4 cm³/mol. The molecule has 2 rings (SSSR count). The molecule has 0 aliphatic rings. The minimum absolute atomic E-state index is 0.00540. The number of benzene rings is 1. The maximum Gasteiger partial charge on any atom is 0.138 e. The second-order valence-corrected chi connectivity index (χ2v) is 4.76. The van der Waals surface area contributed by atoms with Crippen LogP contribution in [-0.4, -0.2) is 11.1 Å². The van der Waals surface area contributed by atoms with Gasteiger partial charge in [-0.1, -0.05) is 6.07 Å². The lowest BCUT2D eigenvalue weighted by molar-refractivity contribution is 0.241. The van der Waals surface area contributed by atoms with Gasteiger partial charge in [-0.15, -0.1) is 0 Å². The summed E-state index contributed by atoms with van der Waals surface area (Å²) in [6.07, 6.45) is 3.11. The lowest BCUT2D eigenvalue weighted by Gasteiger charge is -2.15. The number of ether oxygens (including phenoxy) is 1. The molecule has 0 spiro atoms. The molecule has 2 aromatic rings. The van der Waals surface area contributed by atoms with Crippen molar-refractivity contribution in [3.05, 3.63) is 59.4 Å². The first-order chi connectivity index (χ1) is 9.47. The second kappa shape index (κ2) is 5.96. The summed E-state index contributed by atoms with van der Waals surface area (Å²) >= 11 is 0. The highest BCUT2D eigenvalue weighted by molar-refractivity contribution is 5.34. The Morgan fingerprint density at radius 2 is 1.90 bits per heavy atom. The molecule has 20 heavy (non-hydrogen) atoms. The molecule has 0 aliphatic carbocycles. The molecule has 3 nitrogen and oxygen atoms in total. The van der Waals surface area contributed by atoms with Crippen LogP contribution in [0, 0.1) is 11.6 Å². The van der Waals surface area contributed by atoms with E-state index in [2.05, 4.69) is 4.98 Å². The fourth-order valence-electron chi connectivity index (χ4n) is 1.88. The van der Waals surface area contributed by atoms with Gasteiger partial charge in [-0.3, -0.25) is 4.98 Å². The highest BCUT2D eigenvalue weighted by Gasteiger charge is 2.15. The zero-order valence-electron chi connectivity index (χ0n) is 11.3. The second-order valence-electron chi connectivity index (χ2n) is 4.76. The number of hydrogen-bond acceptors (Lipinski definition) is 3. The maximum absolute atomic E-state index is 13.7. The summed E-state index contributed by atoms with van der Waals surface area (Å²) in [7, 11) is 0. The molecule has 106 valence electrons. The van der Waals surface area contributed by atoms with E-state index >= 15 is 0 Å². The first-order valence-electron chi connectivity index (χ1n) is 6.29. The van der Waals surface area contributed by atoms with Crippen LogP contribution in [0.15, 0.2) is 36.7 Å². The molecule has 5 heteroatoms. The van der Waals surface area contributed by atoms with Gasteiger partial charge in [0.05, 0.1) is 18.3 Å². The van der Waals surface area contributed by atoms with Gasteiger partial charge in [0.15, 0.2) is 0 Å². The van der Waals surface area contributed by atoms with Gasteiger partial charge in [-0.05, 0) is 31.5 Å². The van der Waals surface area contributed by atoms with Crippen molar-refractivity contribution in [1.82, 2.24) is 4.98 Å². The molecule has 1 unspecified atom stereocenters. The van der Waals surface area contributed by atoms with E-state index in [9.17, 15) is 8.78 Å². The Hall–Kier alpha value is -2.01. The molecule has 0 saturated heterocycles. The molecule has 0 saturated carbocycles. The van der Waals surface area contributed by atoms with E-state index in [-0.39, 0.29) is 11.7 Å². The van der Waals surface area contributed by atoms with Gasteiger partial charge in [0.2, 0.25) is 0 Å². The molecule has 0 aliphatic heterocycles. The van der Waals surface area contributed by atoms with Gasteiger partial charge >= 0.3 is 0 Å². The number of aromatic nitrogens is 1. The topological polar surface area (TPSA) is 48.1 Å². The summed E-state index contributed by atoms with van der Waals surface area (Å²) in [6.45, 7) is 3.79. The van der Waals surface area contributed by atoms with Crippen molar-refractivity contribution in [2.45, 2.75) is 26.0 Å². The van der Waals surface area contributed by atoms with E-state index in [0.29, 0.717) is 11.3 Å². The van der Waals surface area contributed by atoms with E-state index in [1.165, 1.54) is 12.1 Å². The van der Waals surface area contributed by atoms with Crippen molar-refractivity contribution in [1.29, 1.82) is 0 Å². The van der Waals surface area contributed by atoms with E-state index in [0.717, 1.165) is 6.07 Å². The van der Waals surface area contributed by atoms with E-state index in [1.807, 2.05) is 13.8 Å². The Labute approximate surface area is 116 Å². The fourth-order valence-corrected chi connectivity index (χ4v) is 1.88. The van der Waals surface area contributed by atoms with Crippen LogP contribution >= 0.6 is 0 Å². The summed E-state index contributed by atoms with van der Waals surface area (Å²) in [6, 6.07) is 4.32. The molecule has 2 N–H and O–H groups in total. The largest absolute Gasteiger partial charge is 0.489 e. The summed E-state index contributed by atoms with van der Waals surface area (Å²) in [4.78, 5) is 4.03. The van der Waals surface area contributed by atoms with Gasteiger partial charge in [0.25, 0.3) is 0 Å². The zero-order chi connectivity index (χ0) is 14.7. The lowest BCUT2D eigenvalue weighted by atomic mass is 10.0. The summed E-state index contributed by atoms with van der Waals surface area (Å²) in [5.74, 6) is -0.739. The molecule has 1 heterocycles.